The normalized spacial score (nSPS) is 11.4. The van der Waals surface area contributed by atoms with Gasteiger partial charge in [-0.15, -0.1) is 0 Å². The number of aromatic hydroxyl groups is 1. The predicted molar refractivity (Wildman–Crippen MR) is 88.7 cm³/mol. The largest absolute Gasteiger partial charge is 0.506 e. The Bertz CT molecular complexity index is 955. The van der Waals surface area contributed by atoms with Gasteiger partial charge in [-0.05, 0) is 34.1 Å². The second-order valence-electron chi connectivity index (χ2n) is 4.49. The van der Waals surface area contributed by atoms with Crippen LogP contribution in [0.25, 0.3) is 11.1 Å². The molecule has 0 fully saturated rings. The Morgan fingerprint density at radius 3 is 2.91 bits per heavy atom. The van der Waals surface area contributed by atoms with Gasteiger partial charge in [0, 0.05) is 28.9 Å². The van der Waals surface area contributed by atoms with Crippen molar-refractivity contribution >= 4 is 56.5 Å². The van der Waals surface area contributed by atoms with Gasteiger partial charge in [0.2, 0.25) is 0 Å². The second-order valence-corrected chi connectivity index (χ2v) is 5.78. The number of hydrogen-bond donors (Lipinski definition) is 1. The number of rotatable bonds is 3. The number of phenols is 1. The molecule has 0 saturated carbocycles. The fourth-order valence-electron chi connectivity index (χ4n) is 1.88. The summed E-state index contributed by atoms with van der Waals surface area (Å²) in [6.45, 7) is 0. The van der Waals surface area contributed by atoms with Crippen LogP contribution in [0.5, 0.6) is 5.75 Å². The Morgan fingerprint density at radius 1 is 1.39 bits per heavy atom. The average Bonchev–Trinajstić information content (AvgIpc) is 2.90. The van der Waals surface area contributed by atoms with Crippen molar-refractivity contribution in [3.05, 3.63) is 55.5 Å². The number of aliphatic imine (C=N–C) groups is 1. The molecule has 116 valence electrons. The van der Waals surface area contributed by atoms with E-state index in [0.717, 1.165) is 0 Å². The molecule has 1 aromatic heterocycles. The maximum atomic E-state index is 10.9. The third-order valence-electron chi connectivity index (χ3n) is 2.94. The monoisotopic (exact) mass is 395 g/mol. The fraction of sp³-hybridized carbons (Fsp3) is 0. The Labute approximate surface area is 142 Å². The lowest BCUT2D eigenvalue weighted by Crippen LogP contribution is -1.91. The first-order valence-corrected chi connectivity index (χ1v) is 7.38. The summed E-state index contributed by atoms with van der Waals surface area (Å²) in [5, 5.41) is 21.3. The Balaban J connectivity index is 1.99. The molecule has 0 unspecified atom stereocenters. The number of nitro groups is 1. The summed E-state index contributed by atoms with van der Waals surface area (Å²) in [4.78, 5) is 18.4. The molecule has 0 saturated heterocycles. The van der Waals surface area contributed by atoms with Gasteiger partial charge in [-0.3, -0.25) is 10.1 Å². The minimum atomic E-state index is -0.566. The van der Waals surface area contributed by atoms with Gasteiger partial charge in [0.25, 0.3) is 5.69 Å². The highest BCUT2D eigenvalue weighted by molar-refractivity contribution is 9.10. The zero-order valence-electron chi connectivity index (χ0n) is 11.2. The van der Waals surface area contributed by atoms with Gasteiger partial charge in [0.15, 0.2) is 5.58 Å². The van der Waals surface area contributed by atoms with Crippen molar-refractivity contribution in [1.29, 1.82) is 0 Å². The van der Waals surface area contributed by atoms with Crippen molar-refractivity contribution in [3.63, 3.8) is 0 Å². The van der Waals surface area contributed by atoms with E-state index in [1.54, 1.807) is 18.2 Å². The van der Waals surface area contributed by atoms with E-state index < -0.39 is 4.92 Å². The highest BCUT2D eigenvalue weighted by Gasteiger charge is 2.14. The van der Waals surface area contributed by atoms with Crippen LogP contribution in [0.15, 0.2) is 44.2 Å². The molecular formula is C14H7BrClN3O4. The molecule has 7 nitrogen and oxygen atoms in total. The van der Waals surface area contributed by atoms with Crippen molar-refractivity contribution in [2.24, 2.45) is 4.99 Å². The van der Waals surface area contributed by atoms with Gasteiger partial charge in [0.1, 0.15) is 11.3 Å². The summed E-state index contributed by atoms with van der Waals surface area (Å²) < 4.78 is 5.59. The third-order valence-corrected chi connectivity index (χ3v) is 3.78. The van der Waals surface area contributed by atoms with E-state index in [0.29, 0.717) is 16.1 Å². The molecule has 0 spiro atoms. The zero-order chi connectivity index (χ0) is 16.6. The molecule has 1 N–H and O–H groups in total. The maximum absolute atomic E-state index is 10.9. The SMILES string of the molecule is O=[N+]([O-])c1cc(Br)c(O)c(/C=N/c2nc3cc(Cl)ccc3o2)c1. The van der Waals surface area contributed by atoms with Crippen LogP contribution in [0.1, 0.15) is 5.56 Å². The van der Waals surface area contributed by atoms with E-state index in [9.17, 15) is 15.2 Å². The van der Waals surface area contributed by atoms with Crippen LogP contribution in [0.2, 0.25) is 5.02 Å². The van der Waals surface area contributed by atoms with Crippen LogP contribution < -0.4 is 0 Å². The van der Waals surface area contributed by atoms with Gasteiger partial charge in [-0.25, -0.2) is 4.99 Å². The molecule has 0 aliphatic rings. The van der Waals surface area contributed by atoms with Crippen molar-refractivity contribution in [2.45, 2.75) is 0 Å². The highest BCUT2D eigenvalue weighted by atomic mass is 79.9. The van der Waals surface area contributed by atoms with Crippen molar-refractivity contribution in [3.8, 4) is 5.75 Å². The van der Waals surface area contributed by atoms with Gasteiger partial charge in [-0.1, -0.05) is 11.6 Å². The summed E-state index contributed by atoms with van der Waals surface area (Å²) in [6, 6.07) is 7.39. The number of benzene rings is 2. The molecule has 1 heterocycles. The van der Waals surface area contributed by atoms with E-state index in [4.69, 9.17) is 16.0 Å². The first-order valence-electron chi connectivity index (χ1n) is 6.21. The Hall–Kier alpha value is -2.45. The van der Waals surface area contributed by atoms with Crippen molar-refractivity contribution in [2.75, 3.05) is 0 Å². The second kappa shape index (κ2) is 5.98. The quantitative estimate of drug-likeness (QED) is 0.396. The first kappa shape index (κ1) is 15.4. The number of aromatic nitrogens is 1. The van der Waals surface area contributed by atoms with Crippen LogP contribution in [-0.2, 0) is 0 Å². The minimum Gasteiger partial charge on any atom is -0.506 e. The summed E-state index contributed by atoms with van der Waals surface area (Å²) >= 11 is 8.92. The van der Waals surface area contributed by atoms with E-state index >= 15 is 0 Å². The number of fused-ring (bicyclic) bond motifs is 1. The molecule has 3 rings (SSSR count). The molecular weight excluding hydrogens is 390 g/mol. The van der Waals surface area contributed by atoms with E-state index in [-0.39, 0.29) is 27.5 Å². The topological polar surface area (TPSA) is 102 Å². The van der Waals surface area contributed by atoms with E-state index in [2.05, 4.69) is 25.9 Å². The van der Waals surface area contributed by atoms with Crippen LogP contribution in [0.4, 0.5) is 11.7 Å². The Kier molecular flexibility index (Phi) is 4.01. The molecule has 2 aromatic carbocycles. The third kappa shape index (κ3) is 3.17. The molecule has 23 heavy (non-hydrogen) atoms. The summed E-state index contributed by atoms with van der Waals surface area (Å²) in [6.07, 6.45) is 1.24. The van der Waals surface area contributed by atoms with E-state index in [1.165, 1.54) is 18.3 Å². The number of halogens is 2. The van der Waals surface area contributed by atoms with Crippen LogP contribution >= 0.6 is 27.5 Å². The standard InChI is InChI=1S/C14H7BrClN3O4/c15-10-5-9(19(21)22)3-7(13(10)20)6-17-14-18-11-4-8(16)1-2-12(11)23-14/h1-6,20H/b17-6+. The lowest BCUT2D eigenvalue weighted by Gasteiger charge is -2.01. The number of nitrogens with zero attached hydrogens (tertiary/aromatic N) is 3. The molecule has 0 atom stereocenters. The molecule has 9 heteroatoms. The van der Waals surface area contributed by atoms with Gasteiger partial charge in [0.05, 0.1) is 9.40 Å². The van der Waals surface area contributed by atoms with E-state index in [1.807, 2.05) is 0 Å². The highest BCUT2D eigenvalue weighted by Crippen LogP contribution is 2.32. The first-order chi connectivity index (χ1) is 10.9. The Morgan fingerprint density at radius 2 is 2.17 bits per heavy atom. The number of phenolic OH excluding ortho intramolecular Hbond substituents is 1. The van der Waals surface area contributed by atoms with Crippen LogP contribution in [-0.4, -0.2) is 21.2 Å². The van der Waals surface area contributed by atoms with Crippen molar-refractivity contribution in [1.82, 2.24) is 4.98 Å². The minimum absolute atomic E-state index is 0.0456. The van der Waals surface area contributed by atoms with Crippen LogP contribution in [0.3, 0.4) is 0 Å². The van der Waals surface area contributed by atoms with Crippen LogP contribution in [0, 0.1) is 10.1 Å². The number of nitro benzene ring substituents is 1. The lowest BCUT2D eigenvalue weighted by molar-refractivity contribution is -0.385. The lowest BCUT2D eigenvalue weighted by atomic mass is 10.2. The summed E-state index contributed by atoms with van der Waals surface area (Å²) in [7, 11) is 0. The fourth-order valence-corrected chi connectivity index (χ4v) is 2.51. The molecule has 0 radical (unpaired) electrons. The molecule has 3 aromatic rings. The number of non-ortho nitro benzene ring substituents is 1. The molecule has 0 aliphatic heterocycles. The van der Waals surface area contributed by atoms with Gasteiger partial charge < -0.3 is 9.52 Å². The summed E-state index contributed by atoms with van der Waals surface area (Å²) in [5.41, 5.74) is 1.02. The average molecular weight is 397 g/mol. The zero-order valence-corrected chi connectivity index (χ0v) is 13.6. The smallest absolute Gasteiger partial charge is 0.322 e. The van der Waals surface area contributed by atoms with Gasteiger partial charge in [-0.2, -0.15) is 4.98 Å². The molecule has 0 amide bonds. The van der Waals surface area contributed by atoms with Gasteiger partial charge >= 0.3 is 6.01 Å². The predicted octanol–water partition coefficient (Wildman–Crippen LogP) is 4.61. The molecule has 0 bridgehead atoms. The number of oxazole rings is 1. The summed E-state index contributed by atoms with van der Waals surface area (Å²) in [5.74, 6) is -0.168. The number of hydrogen-bond acceptors (Lipinski definition) is 6. The van der Waals surface area contributed by atoms with Crippen molar-refractivity contribution < 1.29 is 14.4 Å². The molecule has 0 aliphatic carbocycles. The maximum Gasteiger partial charge on any atom is 0.322 e.